The summed E-state index contributed by atoms with van der Waals surface area (Å²) >= 11 is 0. The highest BCUT2D eigenvalue weighted by atomic mass is 16.7. The molecule has 0 saturated carbocycles. The van der Waals surface area contributed by atoms with Gasteiger partial charge in [-0.15, -0.1) is 0 Å². The van der Waals surface area contributed by atoms with Crippen LogP contribution in [0.4, 0.5) is 10.5 Å². The molecular weight excluding hydrogens is 523 g/mol. The Morgan fingerprint density at radius 3 is 2.02 bits per heavy atom. The van der Waals surface area contributed by atoms with Gasteiger partial charge in [0, 0.05) is 18.7 Å². The Balaban J connectivity index is 1.13. The van der Waals surface area contributed by atoms with E-state index in [1.807, 2.05) is 25.7 Å². The van der Waals surface area contributed by atoms with Gasteiger partial charge in [0.25, 0.3) is 0 Å². The molecular formula is C35H41BN2O4. The Hall–Kier alpha value is -3.42. The van der Waals surface area contributed by atoms with E-state index in [0.29, 0.717) is 6.54 Å². The number of amides is 1. The Morgan fingerprint density at radius 1 is 0.881 bits per heavy atom. The lowest BCUT2D eigenvalue weighted by Crippen LogP contribution is -2.43. The molecule has 0 radical (unpaired) electrons. The van der Waals surface area contributed by atoms with Crippen LogP contribution in [0.25, 0.3) is 22.3 Å². The minimum Gasteiger partial charge on any atom is -0.444 e. The van der Waals surface area contributed by atoms with E-state index in [2.05, 4.69) is 94.4 Å². The van der Waals surface area contributed by atoms with Gasteiger partial charge < -0.3 is 14.0 Å². The summed E-state index contributed by atoms with van der Waals surface area (Å²) in [5.74, 6) is 0. The zero-order valence-electron chi connectivity index (χ0n) is 25.9. The van der Waals surface area contributed by atoms with Crippen molar-refractivity contribution in [3.63, 3.8) is 0 Å². The molecule has 3 heterocycles. The lowest BCUT2D eigenvalue weighted by molar-refractivity contribution is 0.00578. The maximum Gasteiger partial charge on any atom is 0.494 e. The van der Waals surface area contributed by atoms with Crippen LogP contribution in [0.15, 0.2) is 71.7 Å². The quantitative estimate of drug-likeness (QED) is 0.311. The molecule has 6 rings (SSSR count). The van der Waals surface area contributed by atoms with Crippen LogP contribution in [-0.4, -0.2) is 53.2 Å². The number of hydrogen-bond donors (Lipinski definition) is 0. The zero-order chi connectivity index (χ0) is 29.9. The third-order valence-corrected chi connectivity index (χ3v) is 8.97. The topological polar surface area (TPSA) is 60.4 Å². The molecule has 218 valence electrons. The van der Waals surface area contributed by atoms with E-state index in [1.165, 1.54) is 16.7 Å². The maximum absolute atomic E-state index is 12.8. The first kappa shape index (κ1) is 28.7. The number of fused-ring (bicyclic) bond motifs is 1. The summed E-state index contributed by atoms with van der Waals surface area (Å²) in [4.78, 5) is 19.6. The van der Waals surface area contributed by atoms with Crippen LogP contribution >= 0.6 is 0 Å². The molecule has 0 aromatic heterocycles. The molecule has 0 bridgehead atoms. The second-order valence-electron chi connectivity index (χ2n) is 13.7. The van der Waals surface area contributed by atoms with Crippen molar-refractivity contribution in [2.75, 3.05) is 6.54 Å². The molecule has 7 heteroatoms. The van der Waals surface area contributed by atoms with Crippen LogP contribution in [0.3, 0.4) is 0 Å². The second kappa shape index (κ2) is 10.4. The average Bonchev–Trinajstić information content (AvgIpc) is 3.63. The van der Waals surface area contributed by atoms with Gasteiger partial charge in [-0.1, -0.05) is 54.6 Å². The van der Waals surface area contributed by atoms with Crippen LogP contribution < -0.4 is 5.46 Å². The van der Waals surface area contributed by atoms with Crippen molar-refractivity contribution < 1.29 is 18.8 Å². The highest BCUT2D eigenvalue weighted by Crippen LogP contribution is 2.37. The molecule has 1 amide bonds. The molecule has 42 heavy (non-hydrogen) atoms. The third-order valence-electron chi connectivity index (χ3n) is 8.97. The zero-order valence-corrected chi connectivity index (χ0v) is 25.9. The third kappa shape index (κ3) is 5.52. The van der Waals surface area contributed by atoms with Crippen molar-refractivity contribution in [2.24, 2.45) is 4.99 Å². The van der Waals surface area contributed by atoms with Crippen LogP contribution in [-0.2, 0) is 20.5 Å². The second-order valence-corrected chi connectivity index (χ2v) is 13.7. The van der Waals surface area contributed by atoms with E-state index < -0.39 is 5.60 Å². The summed E-state index contributed by atoms with van der Waals surface area (Å²) < 4.78 is 18.1. The number of carbonyl (C=O) groups is 1. The van der Waals surface area contributed by atoms with Gasteiger partial charge in [0.15, 0.2) is 0 Å². The lowest BCUT2D eigenvalue weighted by Gasteiger charge is -2.32. The van der Waals surface area contributed by atoms with Gasteiger partial charge in [0.1, 0.15) is 5.60 Å². The van der Waals surface area contributed by atoms with E-state index in [9.17, 15) is 4.79 Å². The molecule has 0 aliphatic carbocycles. The van der Waals surface area contributed by atoms with Gasteiger partial charge in [0.05, 0.1) is 22.9 Å². The summed E-state index contributed by atoms with van der Waals surface area (Å²) in [5.41, 5.74) is 7.74. The highest BCUT2D eigenvalue weighted by Gasteiger charge is 2.51. The van der Waals surface area contributed by atoms with Gasteiger partial charge in [0.2, 0.25) is 0 Å². The van der Waals surface area contributed by atoms with E-state index in [0.717, 1.165) is 47.3 Å². The number of carbonyl (C=O) groups excluding carboxylic acids is 1. The fraction of sp³-hybridized carbons (Fsp3) is 0.429. The largest absolute Gasteiger partial charge is 0.494 e. The van der Waals surface area contributed by atoms with Gasteiger partial charge >= 0.3 is 13.2 Å². The predicted octanol–water partition coefficient (Wildman–Crippen LogP) is 7.35. The summed E-state index contributed by atoms with van der Waals surface area (Å²) in [6, 6.07) is 23.6. The number of aliphatic imine (C=N–C) groups is 1. The van der Waals surface area contributed by atoms with Crippen molar-refractivity contribution in [1.82, 2.24) is 4.90 Å². The van der Waals surface area contributed by atoms with Gasteiger partial charge in [-0.3, -0.25) is 9.89 Å². The van der Waals surface area contributed by atoms with Crippen LogP contribution in [0.1, 0.15) is 66.9 Å². The smallest absolute Gasteiger partial charge is 0.444 e. The summed E-state index contributed by atoms with van der Waals surface area (Å²) in [6.45, 7) is 14.7. The summed E-state index contributed by atoms with van der Waals surface area (Å²) in [7, 11) is -0.357. The molecule has 3 aromatic rings. The summed E-state index contributed by atoms with van der Waals surface area (Å²) in [6.07, 6.45) is 2.42. The minimum absolute atomic E-state index is 0.00569. The Bertz CT molecular complexity index is 1500. The standard InChI is InChI=1S/C35H41BN2O4/c1-33(2,3)40-32(39)38-20-8-9-31(38)30-22-27-21-26(16-19-29(27)37-30)25-12-10-23(11-13-25)24-14-17-28(18-15-24)36-41-34(4,5)35(6,7)42-36/h10-19,21,31H,8-9,20,22H2,1-7H3/t31-/m0/s1. The van der Waals surface area contributed by atoms with Crippen molar-refractivity contribution in [3.8, 4) is 22.3 Å². The van der Waals surface area contributed by atoms with E-state index >= 15 is 0 Å². The lowest BCUT2D eigenvalue weighted by atomic mass is 9.78. The molecule has 0 N–H and O–H groups in total. The first-order valence-corrected chi connectivity index (χ1v) is 15.1. The molecule has 6 nitrogen and oxygen atoms in total. The van der Waals surface area contributed by atoms with Gasteiger partial charge in [-0.05, 0) is 107 Å². The Labute approximate surface area is 250 Å². The number of benzene rings is 3. The van der Waals surface area contributed by atoms with Crippen LogP contribution in [0, 0.1) is 0 Å². The molecule has 3 aromatic carbocycles. The maximum atomic E-state index is 12.8. The molecule has 3 aliphatic rings. The fourth-order valence-corrected chi connectivity index (χ4v) is 5.92. The molecule has 3 aliphatic heterocycles. The van der Waals surface area contributed by atoms with Crippen LogP contribution in [0.2, 0.25) is 0 Å². The van der Waals surface area contributed by atoms with Crippen molar-refractivity contribution >= 4 is 30.1 Å². The normalized spacial score (nSPS) is 20.9. The van der Waals surface area contributed by atoms with E-state index in [4.69, 9.17) is 19.0 Å². The number of ether oxygens (including phenoxy) is 1. The van der Waals surface area contributed by atoms with Crippen LogP contribution in [0.5, 0.6) is 0 Å². The predicted molar refractivity (Wildman–Crippen MR) is 170 cm³/mol. The number of nitrogens with zero attached hydrogens (tertiary/aromatic N) is 2. The van der Waals surface area contributed by atoms with E-state index in [-0.39, 0.29) is 30.5 Å². The molecule has 0 unspecified atom stereocenters. The van der Waals surface area contributed by atoms with Crippen molar-refractivity contribution in [2.45, 2.75) is 90.6 Å². The van der Waals surface area contributed by atoms with Crippen molar-refractivity contribution in [1.29, 1.82) is 0 Å². The minimum atomic E-state index is -0.507. The van der Waals surface area contributed by atoms with Gasteiger partial charge in [-0.2, -0.15) is 0 Å². The number of likely N-dealkylation sites (tertiary alicyclic amines) is 1. The number of rotatable bonds is 4. The molecule has 1 atom stereocenters. The first-order valence-electron chi connectivity index (χ1n) is 15.1. The molecule has 2 fully saturated rings. The molecule has 2 saturated heterocycles. The average molecular weight is 565 g/mol. The highest BCUT2D eigenvalue weighted by molar-refractivity contribution is 6.62. The SMILES string of the molecule is CC(C)(C)OC(=O)N1CCC[C@H]1C1=Nc2ccc(-c3ccc(-c4ccc(B5OC(C)(C)C(C)(C)O5)cc4)cc3)cc2C1. The van der Waals surface area contributed by atoms with Crippen molar-refractivity contribution in [3.05, 3.63) is 72.3 Å². The summed E-state index contributed by atoms with van der Waals surface area (Å²) in [5, 5.41) is 0. The molecule has 0 spiro atoms. The van der Waals surface area contributed by atoms with E-state index in [1.54, 1.807) is 0 Å². The van der Waals surface area contributed by atoms with Gasteiger partial charge in [-0.25, -0.2) is 4.79 Å². The monoisotopic (exact) mass is 564 g/mol. The fourth-order valence-electron chi connectivity index (χ4n) is 5.92. The Kier molecular flexibility index (Phi) is 7.10. The number of hydrogen-bond acceptors (Lipinski definition) is 5. The first-order chi connectivity index (χ1) is 19.8. The Morgan fingerprint density at radius 2 is 1.43 bits per heavy atom.